The van der Waals surface area contributed by atoms with Gasteiger partial charge in [-0.2, -0.15) is 0 Å². The Hall–Kier alpha value is -1.59. The van der Waals surface area contributed by atoms with Crippen molar-refractivity contribution < 1.29 is 8.60 Å². The van der Waals surface area contributed by atoms with Gasteiger partial charge in [0.05, 0.1) is 27.1 Å². The summed E-state index contributed by atoms with van der Waals surface area (Å²) in [4.78, 5) is 4.28. The maximum atomic E-state index is 13.5. The summed E-state index contributed by atoms with van der Waals surface area (Å²) in [5.74, 6) is -0.180. The maximum absolute atomic E-state index is 13.5. The van der Waals surface area contributed by atoms with E-state index in [2.05, 4.69) is 4.98 Å². The minimum atomic E-state index is -1.40. The minimum Gasteiger partial charge on any atom is -0.325 e. The second kappa shape index (κ2) is 5.84. The van der Waals surface area contributed by atoms with Crippen LogP contribution in [0.1, 0.15) is 11.3 Å². The molecule has 18 heavy (non-hydrogen) atoms. The van der Waals surface area contributed by atoms with Crippen molar-refractivity contribution in [3.8, 4) is 0 Å². The van der Waals surface area contributed by atoms with Crippen molar-refractivity contribution in [1.29, 1.82) is 0 Å². The molecule has 0 amide bonds. The third-order valence-corrected chi connectivity index (χ3v) is 3.89. The van der Waals surface area contributed by atoms with Crippen molar-refractivity contribution in [3.63, 3.8) is 0 Å². The summed E-state index contributed by atoms with van der Waals surface area (Å²) < 4.78 is 25.5. The average Bonchev–Trinajstić information content (AvgIpc) is 2.39. The summed E-state index contributed by atoms with van der Waals surface area (Å²) in [6.45, 7) is 0.334. The largest absolute Gasteiger partial charge is 0.325 e. The van der Waals surface area contributed by atoms with E-state index in [4.69, 9.17) is 5.73 Å². The van der Waals surface area contributed by atoms with E-state index in [1.54, 1.807) is 30.5 Å². The van der Waals surface area contributed by atoms with Crippen LogP contribution in [0.5, 0.6) is 0 Å². The van der Waals surface area contributed by atoms with Crippen LogP contribution in [0, 0.1) is 5.82 Å². The Bertz CT molecular complexity index is 574. The van der Waals surface area contributed by atoms with Crippen molar-refractivity contribution in [3.05, 3.63) is 59.7 Å². The number of rotatable bonds is 4. The molecule has 5 heteroatoms. The van der Waals surface area contributed by atoms with E-state index >= 15 is 0 Å². The number of hydrogen-bond donors (Lipinski definition) is 1. The zero-order chi connectivity index (χ0) is 13.0. The Labute approximate surface area is 107 Å². The molecular weight excluding hydrogens is 251 g/mol. The lowest BCUT2D eigenvalue weighted by Crippen LogP contribution is -2.03. The smallest absolute Gasteiger partial charge is 0.139 e. The van der Waals surface area contributed by atoms with Crippen LogP contribution in [-0.4, -0.2) is 9.19 Å². The number of aromatic nitrogens is 1. The number of halogens is 1. The van der Waals surface area contributed by atoms with Gasteiger partial charge >= 0.3 is 0 Å². The highest BCUT2D eigenvalue weighted by Gasteiger charge is 2.10. The molecule has 1 aromatic heterocycles. The fraction of sp³-hybridized carbons (Fsp3) is 0.154. The van der Waals surface area contributed by atoms with Gasteiger partial charge in [0.15, 0.2) is 0 Å². The highest BCUT2D eigenvalue weighted by molar-refractivity contribution is 7.84. The molecule has 2 aromatic rings. The first-order valence-electron chi connectivity index (χ1n) is 5.47. The number of benzene rings is 1. The normalized spacial score (nSPS) is 12.3. The number of hydrogen-bond acceptors (Lipinski definition) is 3. The van der Waals surface area contributed by atoms with E-state index in [0.29, 0.717) is 6.54 Å². The van der Waals surface area contributed by atoms with Gasteiger partial charge < -0.3 is 5.73 Å². The van der Waals surface area contributed by atoms with E-state index in [1.807, 2.05) is 0 Å². The van der Waals surface area contributed by atoms with Gasteiger partial charge in [0.25, 0.3) is 0 Å². The summed E-state index contributed by atoms with van der Waals surface area (Å²) in [5, 5.41) is 0. The van der Waals surface area contributed by atoms with Gasteiger partial charge in [-0.3, -0.25) is 9.19 Å². The van der Waals surface area contributed by atoms with Crippen molar-refractivity contribution in [2.24, 2.45) is 5.73 Å². The summed E-state index contributed by atoms with van der Waals surface area (Å²) in [6.07, 6.45) is 1.62. The molecule has 0 radical (unpaired) electrons. The van der Waals surface area contributed by atoms with Crippen LogP contribution in [0.25, 0.3) is 0 Å². The highest BCUT2D eigenvalue weighted by Crippen LogP contribution is 2.15. The molecule has 0 bridgehead atoms. The molecule has 0 saturated heterocycles. The first-order valence-corrected chi connectivity index (χ1v) is 6.79. The van der Waals surface area contributed by atoms with E-state index < -0.39 is 16.6 Å². The fourth-order valence-corrected chi connectivity index (χ4v) is 2.74. The van der Waals surface area contributed by atoms with Gasteiger partial charge in [0.1, 0.15) is 5.82 Å². The van der Waals surface area contributed by atoms with Gasteiger partial charge in [-0.25, -0.2) is 4.39 Å². The molecule has 3 nitrogen and oxygen atoms in total. The minimum absolute atomic E-state index is 0.226. The lowest BCUT2D eigenvalue weighted by molar-refractivity contribution is 0.595. The Morgan fingerprint density at radius 1 is 1.28 bits per heavy atom. The second-order valence-electron chi connectivity index (χ2n) is 3.78. The first kappa shape index (κ1) is 12.9. The molecular formula is C13H13FN2OS. The number of nitrogens with two attached hydrogens (primary N) is 1. The third-order valence-electron chi connectivity index (χ3n) is 2.47. The van der Waals surface area contributed by atoms with E-state index in [9.17, 15) is 8.60 Å². The van der Waals surface area contributed by atoms with Crippen LogP contribution < -0.4 is 5.73 Å². The van der Waals surface area contributed by atoms with Crippen LogP contribution in [0.3, 0.4) is 0 Å². The molecule has 1 atom stereocenters. The standard InChI is InChI=1S/C13H13FN2OS/c14-12-3-1-2-4-13(12)18(17)9-10-5-6-16-11(7-10)8-15/h1-7H,8-9,15H2. The van der Waals surface area contributed by atoms with Crippen LogP contribution in [-0.2, 0) is 23.1 Å². The molecule has 0 spiro atoms. The third kappa shape index (κ3) is 3.00. The topological polar surface area (TPSA) is 56.0 Å². The second-order valence-corrected chi connectivity index (χ2v) is 5.20. The zero-order valence-electron chi connectivity index (χ0n) is 9.67. The molecule has 1 unspecified atom stereocenters. The monoisotopic (exact) mass is 264 g/mol. The Kier molecular flexibility index (Phi) is 4.17. The lowest BCUT2D eigenvalue weighted by atomic mass is 10.2. The Balaban J connectivity index is 2.19. The van der Waals surface area contributed by atoms with Gasteiger partial charge in [0, 0.05) is 12.7 Å². The predicted molar refractivity (Wildman–Crippen MR) is 68.6 cm³/mol. The SMILES string of the molecule is NCc1cc(CS(=O)c2ccccc2F)ccn1. The molecule has 1 aromatic carbocycles. The van der Waals surface area contributed by atoms with E-state index in [1.165, 1.54) is 12.1 Å². The molecule has 1 heterocycles. The molecule has 0 aliphatic carbocycles. The summed E-state index contributed by atoms with van der Waals surface area (Å²) in [6, 6.07) is 9.65. The average molecular weight is 264 g/mol. The Morgan fingerprint density at radius 2 is 2.06 bits per heavy atom. The van der Waals surface area contributed by atoms with Gasteiger partial charge in [0.2, 0.25) is 0 Å². The predicted octanol–water partition coefficient (Wildman–Crippen LogP) is 1.99. The quantitative estimate of drug-likeness (QED) is 0.918. The zero-order valence-corrected chi connectivity index (χ0v) is 10.5. The molecule has 0 aliphatic heterocycles. The molecule has 0 saturated carbocycles. The van der Waals surface area contributed by atoms with Crippen molar-refractivity contribution >= 4 is 10.8 Å². The fourth-order valence-electron chi connectivity index (χ4n) is 1.59. The lowest BCUT2D eigenvalue weighted by Gasteiger charge is -2.05. The van der Waals surface area contributed by atoms with Crippen LogP contribution >= 0.6 is 0 Å². The van der Waals surface area contributed by atoms with Gasteiger partial charge in [-0.05, 0) is 29.8 Å². The van der Waals surface area contributed by atoms with Crippen LogP contribution in [0.2, 0.25) is 0 Å². The van der Waals surface area contributed by atoms with Crippen LogP contribution in [0.4, 0.5) is 4.39 Å². The molecule has 0 aliphatic rings. The number of pyridine rings is 1. The van der Waals surface area contributed by atoms with E-state index in [-0.39, 0.29) is 10.6 Å². The van der Waals surface area contributed by atoms with Crippen LogP contribution in [0.15, 0.2) is 47.5 Å². The van der Waals surface area contributed by atoms with Gasteiger partial charge in [-0.1, -0.05) is 12.1 Å². The summed E-state index contributed by atoms with van der Waals surface area (Å²) >= 11 is 0. The van der Waals surface area contributed by atoms with E-state index in [0.717, 1.165) is 11.3 Å². The first-order chi connectivity index (χ1) is 8.70. The number of nitrogens with zero attached hydrogens (tertiary/aromatic N) is 1. The van der Waals surface area contributed by atoms with Crippen molar-refractivity contribution in [2.45, 2.75) is 17.2 Å². The maximum Gasteiger partial charge on any atom is 0.139 e. The summed E-state index contributed by atoms with van der Waals surface area (Å²) in [7, 11) is -1.40. The van der Waals surface area contributed by atoms with Gasteiger partial charge in [-0.15, -0.1) is 0 Å². The molecule has 0 fully saturated rings. The van der Waals surface area contributed by atoms with Crippen molar-refractivity contribution in [2.75, 3.05) is 0 Å². The molecule has 94 valence electrons. The van der Waals surface area contributed by atoms with Crippen molar-refractivity contribution in [1.82, 2.24) is 4.98 Å². The molecule has 2 rings (SSSR count). The Morgan fingerprint density at radius 3 is 2.78 bits per heavy atom. The highest BCUT2D eigenvalue weighted by atomic mass is 32.2. The molecule has 2 N–H and O–H groups in total. The summed E-state index contributed by atoms with van der Waals surface area (Å²) in [5.41, 5.74) is 7.06.